The number of hydrogen-bond acceptors (Lipinski definition) is 3. The van der Waals surface area contributed by atoms with Crippen LogP contribution >= 0.6 is 0 Å². The zero-order valence-electron chi connectivity index (χ0n) is 10.1. The maximum atomic E-state index is 11.9. The van der Waals surface area contributed by atoms with Crippen LogP contribution in [-0.4, -0.2) is 29.2 Å². The Kier molecular flexibility index (Phi) is 4.50. The number of amides is 1. The summed E-state index contributed by atoms with van der Waals surface area (Å²) in [5, 5.41) is 12.0. The van der Waals surface area contributed by atoms with Gasteiger partial charge in [-0.05, 0) is 26.2 Å². The number of nitrogens with two attached hydrogens (primary N) is 1. The first-order valence-corrected chi connectivity index (χ1v) is 5.87. The lowest BCUT2D eigenvalue weighted by Gasteiger charge is -2.30. The van der Waals surface area contributed by atoms with E-state index in [1.165, 1.54) is 0 Å². The lowest BCUT2D eigenvalue weighted by atomic mass is 9.93. The average molecular weight is 226 g/mol. The molecule has 3 atom stereocenters. The van der Waals surface area contributed by atoms with Crippen molar-refractivity contribution in [3.05, 3.63) is 12.2 Å². The van der Waals surface area contributed by atoms with Crippen LogP contribution in [0.2, 0.25) is 0 Å². The van der Waals surface area contributed by atoms with E-state index in [9.17, 15) is 4.79 Å². The summed E-state index contributed by atoms with van der Waals surface area (Å²) in [6.45, 7) is 4.05. The molecule has 1 rings (SSSR count). The lowest BCUT2D eigenvalue weighted by molar-refractivity contribution is -0.125. The van der Waals surface area contributed by atoms with Crippen molar-refractivity contribution >= 4 is 5.91 Å². The number of rotatable bonds is 5. The monoisotopic (exact) mass is 226 g/mol. The van der Waals surface area contributed by atoms with Crippen LogP contribution in [0.25, 0.3) is 0 Å². The van der Waals surface area contributed by atoms with E-state index in [1.54, 1.807) is 0 Å². The fourth-order valence-electron chi connectivity index (χ4n) is 1.89. The number of aliphatic hydroxyl groups excluding tert-OH is 1. The third-order valence-corrected chi connectivity index (χ3v) is 3.32. The summed E-state index contributed by atoms with van der Waals surface area (Å²) >= 11 is 0. The van der Waals surface area contributed by atoms with E-state index in [0.29, 0.717) is 12.8 Å². The minimum Gasteiger partial charge on any atom is -0.396 e. The Balaban J connectivity index is 2.52. The molecule has 0 heterocycles. The third-order valence-electron chi connectivity index (χ3n) is 3.32. The second-order valence-electron chi connectivity index (χ2n) is 4.77. The third kappa shape index (κ3) is 3.32. The highest BCUT2D eigenvalue weighted by molar-refractivity contribution is 5.81. The Morgan fingerprint density at radius 2 is 2.31 bits per heavy atom. The van der Waals surface area contributed by atoms with Crippen molar-refractivity contribution in [3.63, 3.8) is 0 Å². The molecule has 1 aliphatic carbocycles. The Labute approximate surface area is 96.9 Å². The van der Waals surface area contributed by atoms with Gasteiger partial charge in [0.1, 0.15) is 0 Å². The van der Waals surface area contributed by atoms with E-state index in [0.717, 1.165) is 6.42 Å². The van der Waals surface area contributed by atoms with Crippen molar-refractivity contribution in [2.75, 3.05) is 6.61 Å². The SMILES string of the molecule is CCC(C)(CCO)NC(=O)C1C=CC(N)C1. The molecule has 0 saturated carbocycles. The Hall–Kier alpha value is -0.870. The van der Waals surface area contributed by atoms with Crippen LogP contribution in [0.4, 0.5) is 0 Å². The van der Waals surface area contributed by atoms with E-state index in [2.05, 4.69) is 5.32 Å². The van der Waals surface area contributed by atoms with Crippen LogP contribution in [-0.2, 0) is 4.79 Å². The van der Waals surface area contributed by atoms with Crippen LogP contribution in [0.1, 0.15) is 33.1 Å². The second-order valence-corrected chi connectivity index (χ2v) is 4.77. The van der Waals surface area contributed by atoms with Gasteiger partial charge in [0.05, 0.1) is 5.92 Å². The Morgan fingerprint density at radius 1 is 1.62 bits per heavy atom. The highest BCUT2D eigenvalue weighted by Crippen LogP contribution is 2.20. The Morgan fingerprint density at radius 3 is 2.75 bits per heavy atom. The maximum Gasteiger partial charge on any atom is 0.227 e. The van der Waals surface area contributed by atoms with Gasteiger partial charge in [0.15, 0.2) is 0 Å². The smallest absolute Gasteiger partial charge is 0.227 e. The van der Waals surface area contributed by atoms with Gasteiger partial charge in [-0.1, -0.05) is 19.1 Å². The van der Waals surface area contributed by atoms with E-state index in [4.69, 9.17) is 10.8 Å². The molecule has 0 aromatic rings. The minimum absolute atomic E-state index is 0.00137. The van der Waals surface area contributed by atoms with Gasteiger partial charge in [-0.2, -0.15) is 0 Å². The molecule has 0 aromatic heterocycles. The van der Waals surface area contributed by atoms with Gasteiger partial charge in [-0.25, -0.2) is 0 Å². The number of hydrogen-bond donors (Lipinski definition) is 3. The van der Waals surface area contributed by atoms with Gasteiger partial charge < -0.3 is 16.2 Å². The van der Waals surface area contributed by atoms with Crippen LogP contribution in [0.5, 0.6) is 0 Å². The molecular formula is C12H22N2O2. The van der Waals surface area contributed by atoms with Crippen molar-refractivity contribution in [2.24, 2.45) is 11.7 Å². The number of nitrogens with one attached hydrogen (secondary N) is 1. The number of aliphatic hydroxyl groups is 1. The molecule has 4 nitrogen and oxygen atoms in total. The predicted molar refractivity (Wildman–Crippen MR) is 63.8 cm³/mol. The van der Waals surface area contributed by atoms with E-state index < -0.39 is 0 Å². The maximum absolute atomic E-state index is 11.9. The quantitative estimate of drug-likeness (QED) is 0.599. The van der Waals surface area contributed by atoms with Gasteiger partial charge in [-0.15, -0.1) is 0 Å². The lowest BCUT2D eigenvalue weighted by Crippen LogP contribution is -2.48. The van der Waals surface area contributed by atoms with Crippen molar-refractivity contribution in [2.45, 2.75) is 44.7 Å². The normalized spacial score (nSPS) is 27.8. The predicted octanol–water partition coefficient (Wildman–Crippen LogP) is 0.557. The molecule has 3 unspecified atom stereocenters. The van der Waals surface area contributed by atoms with Crippen molar-refractivity contribution in [3.8, 4) is 0 Å². The van der Waals surface area contributed by atoms with E-state index in [1.807, 2.05) is 26.0 Å². The summed E-state index contributed by atoms with van der Waals surface area (Å²) < 4.78 is 0. The molecule has 0 aromatic carbocycles. The first-order chi connectivity index (χ1) is 7.50. The summed E-state index contributed by atoms with van der Waals surface area (Å²) in [7, 11) is 0. The van der Waals surface area contributed by atoms with Crippen LogP contribution in [0.3, 0.4) is 0 Å². The molecule has 0 spiro atoms. The molecule has 0 saturated heterocycles. The molecule has 0 fully saturated rings. The minimum atomic E-state index is -0.313. The van der Waals surface area contributed by atoms with Gasteiger partial charge in [0.25, 0.3) is 0 Å². The molecular weight excluding hydrogens is 204 g/mol. The number of carbonyl (C=O) groups excluding carboxylic acids is 1. The molecule has 1 aliphatic rings. The Bertz CT molecular complexity index is 278. The van der Waals surface area contributed by atoms with Gasteiger partial charge in [0.2, 0.25) is 5.91 Å². The molecule has 16 heavy (non-hydrogen) atoms. The van der Waals surface area contributed by atoms with Crippen molar-refractivity contribution in [1.82, 2.24) is 5.32 Å². The molecule has 4 heteroatoms. The highest BCUT2D eigenvalue weighted by Gasteiger charge is 2.29. The van der Waals surface area contributed by atoms with E-state index >= 15 is 0 Å². The first kappa shape index (κ1) is 13.2. The summed E-state index contributed by atoms with van der Waals surface area (Å²) in [4.78, 5) is 11.9. The fourth-order valence-corrected chi connectivity index (χ4v) is 1.89. The topological polar surface area (TPSA) is 75.3 Å². The van der Waals surface area contributed by atoms with Gasteiger partial charge in [-0.3, -0.25) is 4.79 Å². The van der Waals surface area contributed by atoms with Crippen LogP contribution in [0.15, 0.2) is 12.2 Å². The summed E-state index contributed by atoms with van der Waals surface area (Å²) in [5.41, 5.74) is 5.40. The van der Waals surface area contributed by atoms with Crippen molar-refractivity contribution < 1.29 is 9.90 Å². The van der Waals surface area contributed by atoms with Crippen molar-refractivity contribution in [1.29, 1.82) is 0 Å². The van der Waals surface area contributed by atoms with Crippen LogP contribution in [0, 0.1) is 5.92 Å². The second kappa shape index (κ2) is 5.46. The average Bonchev–Trinajstić information content (AvgIpc) is 2.65. The molecule has 0 radical (unpaired) electrons. The molecule has 0 bridgehead atoms. The summed E-state index contributed by atoms with van der Waals surface area (Å²) in [6.07, 6.45) is 5.82. The molecule has 92 valence electrons. The van der Waals surface area contributed by atoms with E-state index in [-0.39, 0.29) is 30.0 Å². The highest BCUT2D eigenvalue weighted by atomic mass is 16.3. The zero-order valence-corrected chi connectivity index (χ0v) is 10.1. The molecule has 4 N–H and O–H groups in total. The first-order valence-electron chi connectivity index (χ1n) is 5.87. The van der Waals surface area contributed by atoms with Crippen LogP contribution < -0.4 is 11.1 Å². The standard InChI is InChI=1S/C12H22N2O2/c1-3-12(2,6-7-15)14-11(16)9-4-5-10(13)8-9/h4-5,9-10,15H,3,6-8,13H2,1-2H3,(H,14,16). The van der Waals surface area contributed by atoms with Gasteiger partial charge >= 0.3 is 0 Å². The molecule has 1 amide bonds. The zero-order chi connectivity index (χ0) is 12.2. The molecule has 0 aliphatic heterocycles. The fraction of sp³-hybridized carbons (Fsp3) is 0.750. The largest absolute Gasteiger partial charge is 0.396 e. The van der Waals surface area contributed by atoms with Gasteiger partial charge in [0, 0.05) is 18.2 Å². The summed E-state index contributed by atoms with van der Waals surface area (Å²) in [6, 6.07) is 0.00137. The summed E-state index contributed by atoms with van der Waals surface area (Å²) in [5.74, 6) is -0.0958. The number of carbonyl (C=O) groups is 1.